The Balaban J connectivity index is 2.32. The van der Waals surface area contributed by atoms with Gasteiger partial charge in [0.05, 0.1) is 12.4 Å². The van der Waals surface area contributed by atoms with Gasteiger partial charge >= 0.3 is 0 Å². The van der Waals surface area contributed by atoms with Crippen LogP contribution in [0.1, 0.15) is 13.3 Å². The summed E-state index contributed by atoms with van der Waals surface area (Å²) in [5.74, 6) is 0. The summed E-state index contributed by atoms with van der Waals surface area (Å²) in [7, 11) is 0. The molecule has 0 spiro atoms. The lowest BCUT2D eigenvalue weighted by atomic mass is 10.3. The molecule has 0 saturated carbocycles. The fourth-order valence-electron chi connectivity index (χ4n) is 0.619. The van der Waals surface area contributed by atoms with Gasteiger partial charge in [-0.1, -0.05) is 6.92 Å². The molecule has 46 valence electrons. The monoisotopic (exact) mass is 114 g/mol. The van der Waals surface area contributed by atoms with Crippen LogP contribution in [-0.4, -0.2) is 12.9 Å². The predicted octanol–water partition coefficient (Wildman–Crippen LogP) is 1.28. The van der Waals surface area contributed by atoms with Crippen molar-refractivity contribution in [2.45, 2.75) is 19.4 Å². The third-order valence-corrected chi connectivity index (χ3v) is 1.14. The summed E-state index contributed by atoms with van der Waals surface area (Å²) in [5.41, 5.74) is 0. The summed E-state index contributed by atoms with van der Waals surface area (Å²) in [6.07, 6.45) is 4.92. The molecule has 0 aromatic rings. The minimum atomic E-state index is 0.281. The minimum absolute atomic E-state index is 0.281. The Kier molecular flexibility index (Phi) is 1.92. The first-order valence-electron chi connectivity index (χ1n) is 2.83. The van der Waals surface area contributed by atoms with Crippen molar-refractivity contribution in [2.24, 2.45) is 0 Å². The molecule has 0 amide bonds. The van der Waals surface area contributed by atoms with Gasteiger partial charge in [-0.25, -0.2) is 0 Å². The lowest BCUT2D eigenvalue weighted by molar-refractivity contribution is -0.0580. The van der Waals surface area contributed by atoms with Crippen LogP contribution in [0.15, 0.2) is 12.3 Å². The summed E-state index contributed by atoms with van der Waals surface area (Å²) in [5, 5.41) is 0. The van der Waals surface area contributed by atoms with Gasteiger partial charge in [0.1, 0.15) is 0 Å². The Morgan fingerprint density at radius 2 is 2.62 bits per heavy atom. The van der Waals surface area contributed by atoms with Gasteiger partial charge in [-0.15, -0.1) is 0 Å². The highest BCUT2D eigenvalue weighted by molar-refractivity contribution is 4.84. The van der Waals surface area contributed by atoms with Crippen LogP contribution >= 0.6 is 0 Å². The van der Waals surface area contributed by atoms with Gasteiger partial charge in [-0.05, 0) is 12.5 Å². The quantitative estimate of drug-likeness (QED) is 0.511. The highest BCUT2D eigenvalue weighted by Gasteiger charge is 2.03. The van der Waals surface area contributed by atoms with E-state index in [1.54, 1.807) is 6.26 Å². The number of ether oxygens (including phenoxy) is 2. The molecule has 1 unspecified atom stereocenters. The second-order valence-corrected chi connectivity index (χ2v) is 1.73. The first-order chi connectivity index (χ1) is 3.93. The molecule has 0 aromatic heterocycles. The normalized spacial score (nSPS) is 27.4. The first kappa shape index (κ1) is 5.63. The van der Waals surface area contributed by atoms with Crippen molar-refractivity contribution in [2.75, 3.05) is 6.79 Å². The zero-order chi connectivity index (χ0) is 5.82. The Hall–Kier alpha value is -0.500. The molecular weight excluding hydrogens is 104 g/mol. The standard InChI is InChI=1S/C6H10O2/c1-2-6-3-4-7-5-8-6/h3-4,6H,2,5H2,1H3. The van der Waals surface area contributed by atoms with Gasteiger partial charge in [0, 0.05) is 0 Å². The molecule has 2 heteroatoms. The van der Waals surface area contributed by atoms with Gasteiger partial charge in [0.15, 0.2) is 6.79 Å². The van der Waals surface area contributed by atoms with Crippen LogP contribution in [0.5, 0.6) is 0 Å². The maximum atomic E-state index is 5.12. The molecule has 0 fully saturated rings. The van der Waals surface area contributed by atoms with Crippen LogP contribution < -0.4 is 0 Å². The smallest absolute Gasteiger partial charge is 0.188 e. The maximum Gasteiger partial charge on any atom is 0.188 e. The van der Waals surface area contributed by atoms with E-state index in [2.05, 4.69) is 6.92 Å². The summed E-state index contributed by atoms with van der Waals surface area (Å²) < 4.78 is 9.92. The fraction of sp³-hybridized carbons (Fsp3) is 0.667. The second-order valence-electron chi connectivity index (χ2n) is 1.73. The average Bonchev–Trinajstić information content (AvgIpc) is 1.90. The van der Waals surface area contributed by atoms with Crippen molar-refractivity contribution < 1.29 is 9.47 Å². The highest BCUT2D eigenvalue weighted by atomic mass is 16.7. The van der Waals surface area contributed by atoms with Crippen LogP contribution in [-0.2, 0) is 9.47 Å². The molecule has 1 aliphatic rings. The maximum absolute atomic E-state index is 5.12. The Morgan fingerprint density at radius 1 is 1.75 bits per heavy atom. The molecule has 0 aliphatic carbocycles. The number of hydrogen-bond acceptors (Lipinski definition) is 2. The third kappa shape index (κ3) is 1.23. The molecule has 0 radical (unpaired) electrons. The van der Waals surface area contributed by atoms with E-state index in [0.717, 1.165) is 6.42 Å². The molecule has 0 aromatic carbocycles. The molecule has 0 N–H and O–H groups in total. The van der Waals surface area contributed by atoms with Crippen LogP contribution in [0.3, 0.4) is 0 Å². The molecule has 1 heterocycles. The highest BCUT2D eigenvalue weighted by Crippen LogP contribution is 2.04. The van der Waals surface area contributed by atoms with E-state index in [4.69, 9.17) is 9.47 Å². The van der Waals surface area contributed by atoms with Gasteiger partial charge in [0.25, 0.3) is 0 Å². The van der Waals surface area contributed by atoms with E-state index < -0.39 is 0 Å². The van der Waals surface area contributed by atoms with E-state index >= 15 is 0 Å². The summed E-state index contributed by atoms with van der Waals surface area (Å²) in [6, 6.07) is 0. The van der Waals surface area contributed by atoms with Crippen molar-refractivity contribution in [3.05, 3.63) is 12.3 Å². The zero-order valence-corrected chi connectivity index (χ0v) is 4.96. The molecular formula is C6H10O2. The average molecular weight is 114 g/mol. The van der Waals surface area contributed by atoms with Crippen molar-refractivity contribution in [1.29, 1.82) is 0 Å². The number of hydrogen-bond donors (Lipinski definition) is 0. The topological polar surface area (TPSA) is 18.5 Å². The van der Waals surface area contributed by atoms with Gasteiger partial charge < -0.3 is 9.47 Å². The second kappa shape index (κ2) is 2.72. The zero-order valence-electron chi connectivity index (χ0n) is 4.96. The molecule has 1 rings (SSSR count). The van der Waals surface area contributed by atoms with E-state index in [1.807, 2.05) is 6.08 Å². The van der Waals surface area contributed by atoms with E-state index in [0.29, 0.717) is 6.79 Å². The van der Waals surface area contributed by atoms with E-state index in [1.165, 1.54) is 0 Å². The van der Waals surface area contributed by atoms with Crippen molar-refractivity contribution >= 4 is 0 Å². The van der Waals surface area contributed by atoms with E-state index in [9.17, 15) is 0 Å². The Bertz CT molecular complexity index is 88.5. The van der Waals surface area contributed by atoms with Crippen molar-refractivity contribution in [3.8, 4) is 0 Å². The van der Waals surface area contributed by atoms with Gasteiger partial charge in [-0.2, -0.15) is 0 Å². The predicted molar refractivity (Wildman–Crippen MR) is 30.3 cm³/mol. The molecule has 0 bridgehead atoms. The van der Waals surface area contributed by atoms with Crippen LogP contribution in [0, 0.1) is 0 Å². The Labute approximate surface area is 49.1 Å². The van der Waals surface area contributed by atoms with Crippen LogP contribution in [0.25, 0.3) is 0 Å². The third-order valence-electron chi connectivity index (χ3n) is 1.14. The summed E-state index contributed by atoms with van der Waals surface area (Å²) in [4.78, 5) is 0. The summed E-state index contributed by atoms with van der Waals surface area (Å²) in [6.45, 7) is 2.50. The lowest BCUT2D eigenvalue weighted by Crippen LogP contribution is -2.13. The fourth-order valence-corrected chi connectivity index (χ4v) is 0.619. The molecule has 1 aliphatic heterocycles. The largest absolute Gasteiger partial charge is 0.475 e. The van der Waals surface area contributed by atoms with Crippen LogP contribution in [0.2, 0.25) is 0 Å². The number of rotatable bonds is 1. The first-order valence-corrected chi connectivity index (χ1v) is 2.83. The van der Waals surface area contributed by atoms with Gasteiger partial charge in [-0.3, -0.25) is 0 Å². The molecule has 2 nitrogen and oxygen atoms in total. The van der Waals surface area contributed by atoms with Crippen molar-refractivity contribution in [3.63, 3.8) is 0 Å². The molecule has 8 heavy (non-hydrogen) atoms. The molecule has 1 atom stereocenters. The lowest BCUT2D eigenvalue weighted by Gasteiger charge is -2.15. The van der Waals surface area contributed by atoms with Crippen LogP contribution in [0.4, 0.5) is 0 Å². The summed E-state index contributed by atoms with van der Waals surface area (Å²) >= 11 is 0. The van der Waals surface area contributed by atoms with E-state index in [-0.39, 0.29) is 6.10 Å². The minimum Gasteiger partial charge on any atom is -0.475 e. The van der Waals surface area contributed by atoms with Crippen molar-refractivity contribution in [1.82, 2.24) is 0 Å². The Morgan fingerprint density at radius 3 is 3.00 bits per heavy atom. The van der Waals surface area contributed by atoms with Gasteiger partial charge in [0.2, 0.25) is 0 Å². The molecule has 0 saturated heterocycles. The SMILES string of the molecule is CCC1C=COCO1.